The van der Waals surface area contributed by atoms with Crippen LogP contribution in [0, 0.1) is 11.8 Å². The highest BCUT2D eigenvalue weighted by molar-refractivity contribution is 5.95. The highest BCUT2D eigenvalue weighted by atomic mass is 16.5. The molecule has 2 atom stereocenters. The van der Waals surface area contributed by atoms with E-state index in [-0.39, 0.29) is 5.91 Å². The Labute approximate surface area is 126 Å². The molecule has 1 aromatic carbocycles. The molecule has 0 N–H and O–H groups in total. The fraction of sp³-hybridized carbons (Fsp3) is 0.588. The van der Waals surface area contributed by atoms with Gasteiger partial charge in [-0.2, -0.15) is 0 Å². The maximum atomic E-state index is 12.7. The molecule has 1 heterocycles. The molecule has 114 valence electrons. The van der Waals surface area contributed by atoms with E-state index in [4.69, 9.17) is 9.47 Å². The number of benzene rings is 1. The summed E-state index contributed by atoms with van der Waals surface area (Å²) in [6.07, 6.45) is 5.18. The van der Waals surface area contributed by atoms with Crippen LogP contribution in [-0.2, 0) is 0 Å². The molecular formula is C17H23NO3. The second kappa shape index (κ2) is 5.96. The minimum Gasteiger partial charge on any atom is -0.497 e. The summed E-state index contributed by atoms with van der Waals surface area (Å²) in [4.78, 5) is 14.8. The van der Waals surface area contributed by atoms with Gasteiger partial charge in [0.2, 0.25) is 0 Å². The first-order chi connectivity index (χ1) is 10.2. The van der Waals surface area contributed by atoms with Crippen molar-refractivity contribution in [3.63, 3.8) is 0 Å². The normalized spacial score (nSPS) is 24.6. The third-order valence-electron chi connectivity index (χ3n) is 4.86. The molecule has 2 unspecified atom stereocenters. The molecule has 1 saturated carbocycles. The molecule has 0 spiro atoms. The van der Waals surface area contributed by atoms with Crippen LogP contribution in [0.5, 0.6) is 11.5 Å². The Bertz CT molecular complexity index is 493. The van der Waals surface area contributed by atoms with Crippen molar-refractivity contribution in [2.45, 2.75) is 25.7 Å². The number of carbonyl (C=O) groups excluding carboxylic acids is 1. The molecule has 0 aromatic heterocycles. The topological polar surface area (TPSA) is 38.8 Å². The maximum Gasteiger partial charge on any atom is 0.254 e. The van der Waals surface area contributed by atoms with Gasteiger partial charge in [0.05, 0.1) is 14.2 Å². The monoisotopic (exact) mass is 289 g/mol. The van der Waals surface area contributed by atoms with E-state index in [1.807, 2.05) is 4.90 Å². The van der Waals surface area contributed by atoms with E-state index in [1.54, 1.807) is 32.4 Å². The minimum absolute atomic E-state index is 0.0987. The first kappa shape index (κ1) is 14.2. The summed E-state index contributed by atoms with van der Waals surface area (Å²) in [7, 11) is 3.21. The van der Waals surface area contributed by atoms with E-state index in [0.717, 1.165) is 13.1 Å². The van der Waals surface area contributed by atoms with Gasteiger partial charge in [0.1, 0.15) is 11.5 Å². The lowest BCUT2D eigenvalue weighted by Crippen LogP contribution is -2.29. The van der Waals surface area contributed by atoms with E-state index in [2.05, 4.69) is 0 Å². The van der Waals surface area contributed by atoms with Crippen LogP contribution >= 0.6 is 0 Å². The van der Waals surface area contributed by atoms with Crippen LogP contribution in [0.2, 0.25) is 0 Å². The lowest BCUT2D eigenvalue weighted by Gasteiger charge is -2.22. The summed E-state index contributed by atoms with van der Waals surface area (Å²) in [5.41, 5.74) is 0.657. The fourth-order valence-electron chi connectivity index (χ4n) is 3.69. The van der Waals surface area contributed by atoms with Crippen LogP contribution in [0.15, 0.2) is 18.2 Å². The first-order valence-electron chi connectivity index (χ1n) is 7.73. The van der Waals surface area contributed by atoms with Gasteiger partial charge in [-0.25, -0.2) is 0 Å². The number of hydrogen-bond acceptors (Lipinski definition) is 3. The number of amides is 1. The molecule has 0 bridgehead atoms. The SMILES string of the molecule is COc1cc(OC)cc(C(=O)N2CC3CCCCC3C2)c1. The third kappa shape index (κ3) is 2.85. The van der Waals surface area contributed by atoms with E-state index in [1.165, 1.54) is 25.7 Å². The fourth-order valence-corrected chi connectivity index (χ4v) is 3.69. The summed E-state index contributed by atoms with van der Waals surface area (Å²) in [6.45, 7) is 1.81. The van der Waals surface area contributed by atoms with Gasteiger partial charge in [0.15, 0.2) is 0 Å². The van der Waals surface area contributed by atoms with Crippen LogP contribution in [0.25, 0.3) is 0 Å². The summed E-state index contributed by atoms with van der Waals surface area (Å²) in [5.74, 6) is 2.83. The maximum absolute atomic E-state index is 12.7. The Morgan fingerprint density at radius 1 is 1.00 bits per heavy atom. The van der Waals surface area contributed by atoms with Gasteiger partial charge in [-0.05, 0) is 36.8 Å². The summed E-state index contributed by atoms with van der Waals surface area (Å²) < 4.78 is 10.5. The zero-order valence-corrected chi connectivity index (χ0v) is 12.8. The van der Waals surface area contributed by atoms with Gasteiger partial charge in [-0.3, -0.25) is 4.79 Å². The number of carbonyl (C=O) groups is 1. The molecule has 0 radical (unpaired) electrons. The van der Waals surface area contributed by atoms with Gasteiger partial charge in [-0.1, -0.05) is 12.8 Å². The van der Waals surface area contributed by atoms with Gasteiger partial charge in [0, 0.05) is 24.7 Å². The Hall–Kier alpha value is -1.71. The van der Waals surface area contributed by atoms with Crippen molar-refractivity contribution < 1.29 is 14.3 Å². The number of hydrogen-bond donors (Lipinski definition) is 0. The first-order valence-corrected chi connectivity index (χ1v) is 7.73. The number of likely N-dealkylation sites (tertiary alicyclic amines) is 1. The van der Waals surface area contributed by atoms with Crippen LogP contribution in [0.4, 0.5) is 0 Å². The highest BCUT2D eigenvalue weighted by Gasteiger charge is 2.36. The van der Waals surface area contributed by atoms with Crippen LogP contribution in [0.3, 0.4) is 0 Å². The summed E-state index contributed by atoms with van der Waals surface area (Å²) in [6, 6.07) is 5.39. The molecule has 1 saturated heterocycles. The molecular weight excluding hydrogens is 266 g/mol. The second-order valence-corrected chi connectivity index (χ2v) is 6.12. The minimum atomic E-state index is 0.0987. The van der Waals surface area contributed by atoms with Crippen LogP contribution in [-0.4, -0.2) is 38.1 Å². The average molecular weight is 289 g/mol. The Morgan fingerprint density at radius 3 is 2.00 bits per heavy atom. The van der Waals surface area contributed by atoms with Crippen molar-refractivity contribution >= 4 is 5.91 Å². The van der Waals surface area contributed by atoms with Gasteiger partial charge in [0.25, 0.3) is 5.91 Å². The van der Waals surface area contributed by atoms with Crippen LogP contribution in [0.1, 0.15) is 36.0 Å². The Morgan fingerprint density at radius 2 is 1.52 bits per heavy atom. The number of fused-ring (bicyclic) bond motifs is 1. The van der Waals surface area contributed by atoms with Gasteiger partial charge < -0.3 is 14.4 Å². The van der Waals surface area contributed by atoms with E-state index in [9.17, 15) is 4.79 Å². The molecule has 1 aliphatic carbocycles. The number of nitrogens with zero attached hydrogens (tertiary/aromatic N) is 1. The van der Waals surface area contributed by atoms with Crippen LogP contribution < -0.4 is 9.47 Å². The molecule has 21 heavy (non-hydrogen) atoms. The molecule has 3 rings (SSSR count). The predicted molar refractivity (Wildman–Crippen MR) is 80.9 cm³/mol. The molecule has 1 aliphatic heterocycles. The average Bonchev–Trinajstić information content (AvgIpc) is 2.97. The molecule has 1 amide bonds. The van der Waals surface area contributed by atoms with Crippen molar-refractivity contribution in [2.24, 2.45) is 11.8 Å². The highest BCUT2D eigenvalue weighted by Crippen LogP contribution is 2.37. The summed E-state index contributed by atoms with van der Waals surface area (Å²) >= 11 is 0. The van der Waals surface area contributed by atoms with Crippen molar-refractivity contribution in [1.82, 2.24) is 4.90 Å². The molecule has 2 aliphatic rings. The van der Waals surface area contributed by atoms with E-state index < -0.39 is 0 Å². The smallest absolute Gasteiger partial charge is 0.254 e. The van der Waals surface area contributed by atoms with E-state index >= 15 is 0 Å². The largest absolute Gasteiger partial charge is 0.497 e. The Kier molecular flexibility index (Phi) is 4.04. The van der Waals surface area contributed by atoms with Crippen molar-refractivity contribution in [1.29, 1.82) is 0 Å². The number of ether oxygens (including phenoxy) is 2. The standard InChI is InChI=1S/C17H23NO3/c1-20-15-7-14(8-16(9-15)21-2)17(19)18-10-12-5-3-4-6-13(12)11-18/h7-9,12-13H,3-6,10-11H2,1-2H3. The second-order valence-electron chi connectivity index (χ2n) is 6.12. The molecule has 1 aromatic rings. The molecule has 2 fully saturated rings. The Balaban J connectivity index is 1.79. The third-order valence-corrected chi connectivity index (χ3v) is 4.86. The molecule has 4 nitrogen and oxygen atoms in total. The zero-order chi connectivity index (χ0) is 14.8. The lowest BCUT2D eigenvalue weighted by atomic mass is 9.82. The van der Waals surface area contributed by atoms with Crippen molar-refractivity contribution in [3.05, 3.63) is 23.8 Å². The van der Waals surface area contributed by atoms with Gasteiger partial charge in [-0.15, -0.1) is 0 Å². The quantitative estimate of drug-likeness (QED) is 0.858. The molecule has 4 heteroatoms. The number of methoxy groups -OCH3 is 2. The predicted octanol–water partition coefficient (Wildman–Crippen LogP) is 2.97. The van der Waals surface area contributed by atoms with E-state index in [0.29, 0.717) is 28.9 Å². The van der Waals surface area contributed by atoms with Crippen molar-refractivity contribution in [2.75, 3.05) is 27.3 Å². The lowest BCUT2D eigenvalue weighted by molar-refractivity contribution is 0.0783. The summed E-state index contributed by atoms with van der Waals surface area (Å²) in [5, 5.41) is 0. The van der Waals surface area contributed by atoms with Crippen molar-refractivity contribution in [3.8, 4) is 11.5 Å². The van der Waals surface area contributed by atoms with Gasteiger partial charge >= 0.3 is 0 Å². The number of rotatable bonds is 3. The zero-order valence-electron chi connectivity index (χ0n) is 12.8.